The number of thiophene rings is 1. The van der Waals surface area contributed by atoms with Crippen LogP contribution in [0.15, 0.2) is 41.8 Å². The van der Waals surface area contributed by atoms with Crippen LogP contribution in [-0.2, 0) is 6.18 Å². The number of anilines is 1. The van der Waals surface area contributed by atoms with Gasteiger partial charge in [-0.15, -0.1) is 23.1 Å². The first-order valence-corrected chi connectivity index (χ1v) is 8.78. The van der Waals surface area contributed by atoms with Gasteiger partial charge in [-0.3, -0.25) is 0 Å². The van der Waals surface area contributed by atoms with Crippen LogP contribution < -0.4 is 5.32 Å². The van der Waals surface area contributed by atoms with Crippen molar-refractivity contribution in [3.8, 4) is 0 Å². The molecule has 3 rings (SSSR count). The maximum Gasteiger partial charge on any atom is 0.416 e. The number of benzene rings is 1. The fourth-order valence-corrected chi connectivity index (χ4v) is 4.55. The molecule has 0 radical (unpaired) electrons. The van der Waals surface area contributed by atoms with E-state index in [4.69, 9.17) is 0 Å². The lowest BCUT2D eigenvalue weighted by Crippen LogP contribution is -2.34. The summed E-state index contributed by atoms with van der Waals surface area (Å²) in [5.41, 5.74) is -0.632. The molecule has 0 aliphatic carbocycles. The Kier molecular flexibility index (Phi) is 4.54. The lowest BCUT2D eigenvalue weighted by Gasteiger charge is -2.23. The van der Waals surface area contributed by atoms with Gasteiger partial charge in [-0.25, -0.2) is 4.79 Å². The molecule has 1 aliphatic heterocycles. The van der Waals surface area contributed by atoms with Crippen LogP contribution in [-0.4, -0.2) is 23.2 Å². The Morgan fingerprint density at radius 1 is 1.26 bits per heavy atom. The van der Waals surface area contributed by atoms with Crippen LogP contribution in [0, 0.1) is 0 Å². The van der Waals surface area contributed by atoms with Crippen LogP contribution >= 0.6 is 23.1 Å². The zero-order valence-corrected chi connectivity index (χ0v) is 13.5. The summed E-state index contributed by atoms with van der Waals surface area (Å²) in [7, 11) is 0. The third-order valence-electron chi connectivity index (χ3n) is 3.38. The van der Waals surface area contributed by atoms with Crippen LogP contribution in [0.1, 0.15) is 15.8 Å². The smallest absolute Gasteiger partial charge is 0.308 e. The van der Waals surface area contributed by atoms with Crippen molar-refractivity contribution in [3.05, 3.63) is 52.2 Å². The molecule has 0 bridgehead atoms. The van der Waals surface area contributed by atoms with Crippen LogP contribution in [0.4, 0.5) is 23.7 Å². The molecule has 1 atom stereocenters. The number of rotatable bonds is 2. The molecule has 122 valence electrons. The molecule has 1 aromatic carbocycles. The second-order valence-corrected chi connectivity index (χ2v) is 7.11. The first-order valence-electron chi connectivity index (χ1n) is 6.85. The van der Waals surface area contributed by atoms with Gasteiger partial charge in [0, 0.05) is 22.9 Å². The number of halogens is 3. The van der Waals surface area contributed by atoms with E-state index < -0.39 is 11.7 Å². The quantitative estimate of drug-likeness (QED) is 0.815. The zero-order valence-electron chi connectivity index (χ0n) is 11.8. The molecule has 0 unspecified atom stereocenters. The molecular weight excluding hydrogens is 345 g/mol. The molecule has 3 nitrogen and oxygen atoms in total. The van der Waals surface area contributed by atoms with Crippen molar-refractivity contribution in [3.63, 3.8) is 0 Å². The van der Waals surface area contributed by atoms with E-state index in [-0.39, 0.29) is 17.1 Å². The van der Waals surface area contributed by atoms with E-state index in [0.717, 1.165) is 22.8 Å². The monoisotopic (exact) mass is 358 g/mol. The standard InChI is InChI=1S/C15H13F3N2OS2/c16-15(17,18)10-3-1-4-11(9-10)19-14(21)20-6-8-23-13(20)12-5-2-7-22-12/h1-5,7,9,13H,6,8H2,(H,19,21)/t13-/m0/s1. The number of thioether (sulfide) groups is 1. The van der Waals surface area contributed by atoms with Crippen molar-refractivity contribution < 1.29 is 18.0 Å². The summed E-state index contributed by atoms with van der Waals surface area (Å²) in [5.74, 6) is 0.804. The Balaban J connectivity index is 1.74. The van der Waals surface area contributed by atoms with Crippen LogP contribution in [0.25, 0.3) is 0 Å². The average molecular weight is 358 g/mol. The molecule has 1 aliphatic rings. The van der Waals surface area contributed by atoms with Gasteiger partial charge in [0.25, 0.3) is 0 Å². The van der Waals surface area contributed by atoms with Crippen LogP contribution in [0.2, 0.25) is 0 Å². The van der Waals surface area contributed by atoms with Gasteiger partial charge >= 0.3 is 12.2 Å². The summed E-state index contributed by atoms with van der Waals surface area (Å²) in [6, 6.07) is 8.16. The summed E-state index contributed by atoms with van der Waals surface area (Å²) < 4.78 is 38.2. The summed E-state index contributed by atoms with van der Waals surface area (Å²) in [5, 5.41) is 4.43. The van der Waals surface area contributed by atoms with Crippen molar-refractivity contribution in [2.75, 3.05) is 17.6 Å². The fourth-order valence-electron chi connectivity index (χ4n) is 2.31. The minimum atomic E-state index is -4.43. The molecule has 1 saturated heterocycles. The maximum atomic E-state index is 12.7. The predicted octanol–water partition coefficient (Wildman–Crippen LogP) is 5.05. The average Bonchev–Trinajstić information content (AvgIpc) is 3.17. The summed E-state index contributed by atoms with van der Waals surface area (Å²) in [6.45, 7) is 0.567. The molecule has 23 heavy (non-hydrogen) atoms. The van der Waals surface area contributed by atoms with Crippen molar-refractivity contribution in [1.29, 1.82) is 0 Å². The van der Waals surface area contributed by atoms with E-state index in [1.54, 1.807) is 28.0 Å². The lowest BCUT2D eigenvalue weighted by molar-refractivity contribution is -0.137. The van der Waals surface area contributed by atoms with E-state index in [1.165, 1.54) is 12.1 Å². The van der Waals surface area contributed by atoms with E-state index in [1.807, 2.05) is 17.5 Å². The maximum absolute atomic E-state index is 12.7. The SMILES string of the molecule is O=C(Nc1cccc(C(F)(F)F)c1)N1CCS[C@H]1c1cccs1. The first kappa shape index (κ1) is 16.2. The highest BCUT2D eigenvalue weighted by Gasteiger charge is 2.33. The van der Waals surface area contributed by atoms with Crippen molar-refractivity contribution in [2.24, 2.45) is 0 Å². The summed E-state index contributed by atoms with van der Waals surface area (Å²) in [4.78, 5) is 15.1. The highest BCUT2D eigenvalue weighted by Crippen LogP contribution is 2.40. The van der Waals surface area contributed by atoms with Crippen molar-refractivity contribution >= 4 is 34.8 Å². The summed E-state index contributed by atoms with van der Waals surface area (Å²) >= 11 is 3.21. The van der Waals surface area contributed by atoms with Crippen molar-refractivity contribution in [2.45, 2.75) is 11.6 Å². The number of nitrogens with zero attached hydrogens (tertiary/aromatic N) is 1. The number of nitrogens with one attached hydrogen (secondary N) is 1. The van der Waals surface area contributed by atoms with E-state index in [2.05, 4.69) is 5.32 Å². The Hall–Kier alpha value is -1.67. The number of alkyl halides is 3. The topological polar surface area (TPSA) is 32.3 Å². The molecule has 1 aromatic heterocycles. The van der Waals surface area contributed by atoms with E-state index in [0.29, 0.717) is 6.54 Å². The predicted molar refractivity (Wildman–Crippen MR) is 86.7 cm³/mol. The molecule has 1 N–H and O–H groups in total. The molecule has 0 spiro atoms. The van der Waals surface area contributed by atoms with E-state index >= 15 is 0 Å². The minimum absolute atomic E-state index is 0.0826. The van der Waals surface area contributed by atoms with Gasteiger partial charge in [-0.1, -0.05) is 12.1 Å². The Morgan fingerprint density at radius 3 is 2.78 bits per heavy atom. The second kappa shape index (κ2) is 6.45. The molecule has 8 heteroatoms. The minimum Gasteiger partial charge on any atom is -0.308 e. The Labute approximate surface area is 139 Å². The molecule has 2 heterocycles. The largest absolute Gasteiger partial charge is 0.416 e. The lowest BCUT2D eigenvalue weighted by atomic mass is 10.2. The molecule has 2 amide bonds. The van der Waals surface area contributed by atoms with Gasteiger partial charge in [0.1, 0.15) is 5.37 Å². The number of hydrogen-bond acceptors (Lipinski definition) is 3. The third kappa shape index (κ3) is 3.64. The number of hydrogen-bond donors (Lipinski definition) is 1. The van der Waals surface area contributed by atoms with Gasteiger partial charge in [-0.2, -0.15) is 13.2 Å². The zero-order chi connectivity index (χ0) is 16.4. The highest BCUT2D eigenvalue weighted by molar-refractivity contribution is 7.99. The summed E-state index contributed by atoms with van der Waals surface area (Å²) in [6.07, 6.45) is -4.43. The second-order valence-electron chi connectivity index (χ2n) is 4.94. The highest BCUT2D eigenvalue weighted by atomic mass is 32.2. The first-order chi connectivity index (χ1) is 10.9. The normalized spacial score (nSPS) is 18.2. The van der Waals surface area contributed by atoms with Crippen molar-refractivity contribution in [1.82, 2.24) is 4.90 Å². The number of carbonyl (C=O) groups is 1. The van der Waals surface area contributed by atoms with Gasteiger partial charge in [0.2, 0.25) is 0 Å². The van der Waals surface area contributed by atoms with E-state index in [9.17, 15) is 18.0 Å². The number of urea groups is 1. The molecular formula is C15H13F3N2OS2. The Bertz CT molecular complexity index is 688. The van der Waals surface area contributed by atoms with Crippen LogP contribution in [0.5, 0.6) is 0 Å². The number of amides is 2. The molecule has 2 aromatic rings. The Morgan fingerprint density at radius 2 is 2.09 bits per heavy atom. The number of carbonyl (C=O) groups excluding carboxylic acids is 1. The van der Waals surface area contributed by atoms with Gasteiger partial charge in [-0.05, 0) is 29.6 Å². The molecule has 0 saturated carbocycles. The fraction of sp³-hybridized carbons (Fsp3) is 0.267. The van der Waals surface area contributed by atoms with Gasteiger partial charge in [0.15, 0.2) is 0 Å². The molecule has 1 fully saturated rings. The van der Waals surface area contributed by atoms with Crippen LogP contribution in [0.3, 0.4) is 0 Å². The van der Waals surface area contributed by atoms with Gasteiger partial charge < -0.3 is 10.2 Å². The third-order valence-corrected chi connectivity index (χ3v) is 5.70. The van der Waals surface area contributed by atoms with Gasteiger partial charge in [0.05, 0.1) is 5.56 Å².